The molecule has 6 aromatic rings. The van der Waals surface area contributed by atoms with Crippen LogP contribution in [0.4, 0.5) is 16.0 Å². The van der Waals surface area contributed by atoms with E-state index >= 15 is 0 Å². The van der Waals surface area contributed by atoms with Crippen LogP contribution >= 0.6 is 11.3 Å². The second kappa shape index (κ2) is 11.4. The number of carbonyl (C=O) groups excluding carboxylic acids is 1. The lowest BCUT2D eigenvalue weighted by molar-refractivity contribution is -0.132. The van der Waals surface area contributed by atoms with Gasteiger partial charge in [-0.1, -0.05) is 6.07 Å². The molecule has 0 radical (unpaired) electrons. The van der Waals surface area contributed by atoms with Crippen LogP contribution in [0.2, 0.25) is 0 Å². The van der Waals surface area contributed by atoms with Crippen LogP contribution in [-0.4, -0.2) is 85.5 Å². The number of imidazole rings is 1. The molecule has 1 aromatic carbocycles. The normalized spacial score (nSPS) is 20.1. The number of carbonyl (C=O) groups is 1. The highest BCUT2D eigenvalue weighted by Gasteiger charge is 2.41. The number of hydrogen-bond acceptors (Lipinski definition) is 9. The summed E-state index contributed by atoms with van der Waals surface area (Å²) in [6.07, 6.45) is 2.05. The van der Waals surface area contributed by atoms with Gasteiger partial charge in [-0.3, -0.25) is 14.5 Å². The summed E-state index contributed by atoms with van der Waals surface area (Å²) in [7, 11) is 5.39. The molecular weight excluding hydrogens is 618 g/mol. The van der Waals surface area contributed by atoms with Gasteiger partial charge in [0.25, 0.3) is 0 Å². The molecule has 47 heavy (non-hydrogen) atoms. The van der Waals surface area contributed by atoms with Crippen LogP contribution in [0.25, 0.3) is 44.5 Å². The van der Waals surface area contributed by atoms with Crippen LogP contribution in [0.15, 0.2) is 59.4 Å². The molecule has 8 rings (SSSR count). The van der Waals surface area contributed by atoms with E-state index in [1.165, 1.54) is 12.1 Å². The zero-order valence-electron chi connectivity index (χ0n) is 26.5. The summed E-state index contributed by atoms with van der Waals surface area (Å²) in [5.41, 5.74) is 5.50. The highest BCUT2D eigenvalue weighted by atomic mass is 32.1. The second-order valence-corrected chi connectivity index (χ2v) is 13.1. The smallest absolute Gasteiger partial charge is 0.245 e. The number of thiophene rings is 1. The topological polar surface area (TPSA) is 106 Å². The van der Waals surface area contributed by atoms with Crippen molar-refractivity contribution in [3.8, 4) is 22.5 Å². The van der Waals surface area contributed by atoms with Gasteiger partial charge in [0.2, 0.25) is 5.91 Å². The third kappa shape index (κ3) is 5.10. The first-order chi connectivity index (χ1) is 22.8. The molecule has 13 heteroatoms. The summed E-state index contributed by atoms with van der Waals surface area (Å²) in [6.45, 7) is 3.20. The molecule has 0 aliphatic carbocycles. The fourth-order valence-electron chi connectivity index (χ4n) is 7.03. The van der Waals surface area contributed by atoms with E-state index in [4.69, 9.17) is 19.8 Å². The molecule has 4 bridgehead atoms. The predicted molar refractivity (Wildman–Crippen MR) is 181 cm³/mol. The lowest BCUT2D eigenvalue weighted by atomic mass is 10.1. The van der Waals surface area contributed by atoms with Gasteiger partial charge in [0.15, 0.2) is 5.82 Å². The van der Waals surface area contributed by atoms with Crippen molar-refractivity contribution in [3.05, 3.63) is 71.1 Å². The minimum atomic E-state index is -0.481. The molecule has 2 aliphatic heterocycles. The molecule has 1 fully saturated rings. The van der Waals surface area contributed by atoms with Crippen LogP contribution in [0.1, 0.15) is 12.2 Å². The van der Waals surface area contributed by atoms with E-state index in [-0.39, 0.29) is 23.9 Å². The van der Waals surface area contributed by atoms with Gasteiger partial charge in [-0.25, -0.2) is 14.4 Å². The maximum absolute atomic E-state index is 14.9. The Balaban J connectivity index is 1.22. The maximum Gasteiger partial charge on any atom is 0.245 e. The summed E-state index contributed by atoms with van der Waals surface area (Å²) in [6, 6.07) is 12.2. The van der Waals surface area contributed by atoms with E-state index in [2.05, 4.69) is 32.7 Å². The van der Waals surface area contributed by atoms with E-state index in [1.807, 2.05) is 60.0 Å². The number of hydrogen-bond donors (Lipinski definition) is 1. The van der Waals surface area contributed by atoms with Gasteiger partial charge in [-0.05, 0) is 49.1 Å². The Bertz CT molecular complexity index is 2140. The number of rotatable bonds is 3. The largest absolute Gasteiger partial charge is 0.378 e. The molecular formula is C34H34FN9O2S. The predicted octanol–water partition coefficient (Wildman–Crippen LogP) is 5.10. The zero-order valence-corrected chi connectivity index (χ0v) is 27.3. The summed E-state index contributed by atoms with van der Waals surface area (Å²) in [5.74, 6) is 1.69. The molecule has 2 aliphatic rings. The zero-order chi connectivity index (χ0) is 32.4. The van der Waals surface area contributed by atoms with Crippen molar-refractivity contribution in [3.63, 3.8) is 0 Å². The number of aromatic nitrogens is 6. The first-order valence-electron chi connectivity index (χ1n) is 15.6. The van der Waals surface area contributed by atoms with Crippen molar-refractivity contribution >= 4 is 50.8 Å². The quantitative estimate of drug-likeness (QED) is 0.282. The summed E-state index contributed by atoms with van der Waals surface area (Å²) in [5, 5.41) is 13.5. The fourth-order valence-corrected chi connectivity index (χ4v) is 7.68. The fraction of sp³-hybridized carbons (Fsp3) is 0.324. The average molecular weight is 652 g/mol. The van der Waals surface area contributed by atoms with Gasteiger partial charge in [0.1, 0.15) is 23.5 Å². The molecule has 1 amide bonds. The number of likely N-dealkylation sites (N-methyl/N-ethyl adjacent to an activating group) is 1. The lowest BCUT2D eigenvalue weighted by Gasteiger charge is -2.30. The van der Waals surface area contributed by atoms with Gasteiger partial charge < -0.3 is 24.4 Å². The number of ether oxygens (including phenoxy) is 1. The monoisotopic (exact) mass is 651 g/mol. The van der Waals surface area contributed by atoms with Crippen LogP contribution < -0.4 is 10.2 Å². The molecule has 0 saturated carbocycles. The number of pyridine rings is 2. The number of amides is 1. The number of halogens is 1. The second-order valence-electron chi connectivity index (χ2n) is 12.4. The minimum absolute atomic E-state index is 0.0236. The Kier molecular flexibility index (Phi) is 7.17. The molecule has 3 atom stereocenters. The Labute approximate surface area is 274 Å². The number of methoxy groups -OCH3 is 1. The van der Waals surface area contributed by atoms with Crippen molar-refractivity contribution in [2.75, 3.05) is 37.5 Å². The maximum atomic E-state index is 14.9. The molecule has 240 valence electrons. The first-order valence-corrected chi connectivity index (χ1v) is 16.5. The molecule has 0 unspecified atom stereocenters. The van der Waals surface area contributed by atoms with Gasteiger partial charge in [-0.2, -0.15) is 16.4 Å². The Morgan fingerprint density at radius 1 is 1.06 bits per heavy atom. The van der Waals surface area contributed by atoms with Crippen molar-refractivity contribution in [2.45, 2.75) is 38.1 Å². The van der Waals surface area contributed by atoms with Gasteiger partial charge >= 0.3 is 0 Å². The SMILES string of the molecule is CO[C@H]1CN(C)C(=O)[C@@H]2C[C@@H](CN2c2nn(C)c3cc(-c4ccsc4)ncc23)Nc2cccc(n2)-c2cc(F)cc3nc(C)n(c23)C1. The molecule has 0 spiro atoms. The van der Waals surface area contributed by atoms with Crippen LogP contribution in [-0.2, 0) is 23.1 Å². The number of anilines is 2. The molecule has 11 nitrogen and oxygen atoms in total. The third-order valence-corrected chi connectivity index (χ3v) is 10.0. The molecule has 1 N–H and O–H groups in total. The summed E-state index contributed by atoms with van der Waals surface area (Å²) >= 11 is 1.63. The van der Waals surface area contributed by atoms with Crippen molar-refractivity contribution in [1.82, 2.24) is 34.2 Å². The molecule has 1 saturated heterocycles. The van der Waals surface area contributed by atoms with Crippen molar-refractivity contribution in [1.29, 1.82) is 0 Å². The van der Waals surface area contributed by atoms with Crippen molar-refractivity contribution < 1.29 is 13.9 Å². The average Bonchev–Trinajstić information content (AvgIpc) is 3.86. The lowest BCUT2D eigenvalue weighted by Crippen LogP contribution is -2.47. The van der Waals surface area contributed by atoms with Crippen LogP contribution in [0.5, 0.6) is 0 Å². The number of aryl methyl sites for hydroxylation is 2. The molecule has 5 aromatic heterocycles. The van der Waals surface area contributed by atoms with E-state index in [1.54, 1.807) is 23.3 Å². The third-order valence-electron chi connectivity index (χ3n) is 9.34. The number of nitrogens with one attached hydrogen (secondary N) is 1. The number of fused-ring (bicyclic) bond motifs is 6. The van der Waals surface area contributed by atoms with Gasteiger partial charge in [0.05, 0.1) is 46.0 Å². The minimum Gasteiger partial charge on any atom is -0.378 e. The summed E-state index contributed by atoms with van der Waals surface area (Å²) in [4.78, 5) is 32.6. The molecule has 7 heterocycles. The Morgan fingerprint density at radius 3 is 2.74 bits per heavy atom. The van der Waals surface area contributed by atoms with Crippen LogP contribution in [0, 0.1) is 12.7 Å². The van der Waals surface area contributed by atoms with E-state index in [9.17, 15) is 9.18 Å². The number of nitrogens with zero attached hydrogens (tertiary/aromatic N) is 8. The Morgan fingerprint density at radius 2 is 1.94 bits per heavy atom. The van der Waals surface area contributed by atoms with E-state index in [0.29, 0.717) is 48.6 Å². The standard InChI is InChI=1S/C34H34FN9O2S/c1-19-37-28-11-21(35)10-24-26-6-5-7-31(39-26)38-22-12-30(34(45)41(2)16-23(46-4)17-43(19)32(24)28)44(15-22)33-25-14-36-27(20-8-9-47-18-20)13-29(25)42(3)40-33/h5-11,13-14,18,22-23,30H,12,15-17H2,1-4H3,(H,38,39)/t22-,23-,30-/m0/s1. The highest BCUT2D eigenvalue weighted by Crippen LogP contribution is 2.36. The number of benzene rings is 1. The van der Waals surface area contributed by atoms with Crippen molar-refractivity contribution in [2.24, 2.45) is 7.05 Å². The first kappa shape index (κ1) is 29.5. The summed E-state index contributed by atoms with van der Waals surface area (Å²) < 4.78 is 24.8. The highest BCUT2D eigenvalue weighted by molar-refractivity contribution is 7.08. The van der Waals surface area contributed by atoms with Gasteiger partial charge in [-0.15, -0.1) is 0 Å². The van der Waals surface area contributed by atoms with Gasteiger partial charge in [0, 0.05) is 69.1 Å². The van der Waals surface area contributed by atoms with E-state index < -0.39 is 6.04 Å². The van der Waals surface area contributed by atoms with Crippen LogP contribution in [0.3, 0.4) is 0 Å². The Hall–Kier alpha value is -4.88. The van der Waals surface area contributed by atoms with E-state index in [0.717, 1.165) is 39.3 Å².